The van der Waals surface area contributed by atoms with Crippen LogP contribution >= 0.6 is 11.6 Å². The molecule has 0 aromatic heterocycles. The number of fused-ring (bicyclic) bond motifs is 1. The molecule has 0 heterocycles. The predicted molar refractivity (Wildman–Crippen MR) is 67.1 cm³/mol. The van der Waals surface area contributed by atoms with Crippen LogP contribution < -0.4 is 5.32 Å². The molecule has 0 spiro atoms. The van der Waals surface area contributed by atoms with Gasteiger partial charge in [-0.2, -0.15) is 0 Å². The summed E-state index contributed by atoms with van der Waals surface area (Å²) in [6.07, 6.45) is 4.27. The van der Waals surface area contributed by atoms with E-state index in [-0.39, 0.29) is 0 Å². The van der Waals surface area contributed by atoms with Gasteiger partial charge < -0.3 is 5.11 Å². The molecule has 3 nitrogen and oxygen atoms in total. The fourth-order valence-electron chi connectivity index (χ4n) is 2.72. The number of carboxylic acid groups (broad SMARTS) is 1. The molecule has 0 atom stereocenters. The van der Waals surface area contributed by atoms with Gasteiger partial charge in [-0.3, -0.25) is 5.32 Å². The quantitative estimate of drug-likeness (QED) is 0.840. The van der Waals surface area contributed by atoms with E-state index in [1.807, 2.05) is 6.07 Å². The standard InChI is InChI=1S/C13H14ClNO2/c14-11-6-10(7-4-5-7)12(15-13(16)17)9-3-1-2-8(9)11/h6-7,15H,1-5H2,(H,16,17). The van der Waals surface area contributed by atoms with Crippen LogP contribution in [0.4, 0.5) is 10.5 Å². The second kappa shape index (κ2) is 3.91. The molecule has 0 saturated heterocycles. The van der Waals surface area contributed by atoms with Gasteiger partial charge in [0.05, 0.1) is 5.69 Å². The first-order chi connectivity index (χ1) is 8.16. The van der Waals surface area contributed by atoms with Crippen molar-refractivity contribution in [2.45, 2.75) is 38.0 Å². The minimum Gasteiger partial charge on any atom is -0.465 e. The van der Waals surface area contributed by atoms with Crippen molar-refractivity contribution in [1.82, 2.24) is 0 Å². The topological polar surface area (TPSA) is 49.3 Å². The highest BCUT2D eigenvalue weighted by molar-refractivity contribution is 6.31. The van der Waals surface area contributed by atoms with Crippen molar-refractivity contribution in [2.75, 3.05) is 5.32 Å². The molecular formula is C13H14ClNO2. The van der Waals surface area contributed by atoms with Crippen LogP contribution in [0.1, 0.15) is 41.9 Å². The van der Waals surface area contributed by atoms with Gasteiger partial charge in [0.1, 0.15) is 0 Å². The van der Waals surface area contributed by atoms with E-state index in [9.17, 15) is 4.79 Å². The van der Waals surface area contributed by atoms with Gasteiger partial charge in [-0.25, -0.2) is 4.79 Å². The monoisotopic (exact) mass is 251 g/mol. The maximum atomic E-state index is 10.9. The first-order valence-corrected chi connectivity index (χ1v) is 6.38. The summed E-state index contributed by atoms with van der Waals surface area (Å²) in [5.74, 6) is 0.500. The van der Waals surface area contributed by atoms with E-state index >= 15 is 0 Å². The number of amides is 1. The number of anilines is 1. The molecule has 1 fully saturated rings. The molecule has 1 amide bonds. The summed E-state index contributed by atoms with van der Waals surface area (Å²) >= 11 is 6.28. The Balaban J connectivity index is 2.14. The van der Waals surface area contributed by atoms with Crippen molar-refractivity contribution < 1.29 is 9.90 Å². The van der Waals surface area contributed by atoms with E-state index in [0.717, 1.165) is 59.5 Å². The minimum absolute atomic E-state index is 0.500. The van der Waals surface area contributed by atoms with Crippen molar-refractivity contribution in [2.24, 2.45) is 0 Å². The van der Waals surface area contributed by atoms with Crippen LogP contribution in [0.15, 0.2) is 6.07 Å². The SMILES string of the molecule is O=C(O)Nc1c(C2CC2)cc(Cl)c2c1CCC2. The molecule has 2 aliphatic rings. The lowest BCUT2D eigenvalue weighted by Crippen LogP contribution is -2.11. The normalized spacial score (nSPS) is 17.9. The van der Waals surface area contributed by atoms with E-state index in [1.54, 1.807) is 0 Å². The summed E-state index contributed by atoms with van der Waals surface area (Å²) in [4.78, 5) is 10.9. The lowest BCUT2D eigenvalue weighted by atomic mass is 9.99. The molecule has 0 unspecified atom stereocenters. The predicted octanol–water partition coefficient (Wildman–Crippen LogP) is 3.80. The van der Waals surface area contributed by atoms with Crippen LogP contribution in [0.3, 0.4) is 0 Å². The zero-order chi connectivity index (χ0) is 12.0. The summed E-state index contributed by atoms with van der Waals surface area (Å²) in [6, 6.07) is 1.97. The number of hydrogen-bond acceptors (Lipinski definition) is 1. The van der Waals surface area contributed by atoms with Gasteiger partial charge in [0.15, 0.2) is 0 Å². The average molecular weight is 252 g/mol. The fraction of sp³-hybridized carbons (Fsp3) is 0.462. The summed E-state index contributed by atoms with van der Waals surface area (Å²) in [7, 11) is 0. The van der Waals surface area contributed by atoms with Gasteiger partial charge in [0.25, 0.3) is 0 Å². The Morgan fingerprint density at radius 2 is 2.06 bits per heavy atom. The van der Waals surface area contributed by atoms with Crippen LogP contribution in [0.5, 0.6) is 0 Å². The third-order valence-electron chi connectivity index (χ3n) is 3.63. The van der Waals surface area contributed by atoms with Crippen LogP contribution in [-0.4, -0.2) is 11.2 Å². The first-order valence-electron chi connectivity index (χ1n) is 6.01. The average Bonchev–Trinajstić information content (AvgIpc) is 2.98. The Morgan fingerprint density at radius 1 is 1.35 bits per heavy atom. The molecular weight excluding hydrogens is 238 g/mol. The molecule has 1 saturated carbocycles. The molecule has 4 heteroatoms. The number of nitrogens with one attached hydrogen (secondary N) is 1. The second-order valence-electron chi connectivity index (χ2n) is 4.84. The van der Waals surface area contributed by atoms with E-state index in [4.69, 9.17) is 16.7 Å². The van der Waals surface area contributed by atoms with Gasteiger partial charge in [0, 0.05) is 5.02 Å². The molecule has 1 aromatic rings. The van der Waals surface area contributed by atoms with Crippen LogP contribution in [0.25, 0.3) is 0 Å². The van der Waals surface area contributed by atoms with E-state index in [0.29, 0.717) is 5.92 Å². The maximum Gasteiger partial charge on any atom is 0.409 e. The fourth-order valence-corrected chi connectivity index (χ4v) is 3.05. The molecule has 2 N–H and O–H groups in total. The summed E-state index contributed by atoms with van der Waals surface area (Å²) in [5.41, 5.74) is 4.18. The number of halogens is 1. The lowest BCUT2D eigenvalue weighted by Gasteiger charge is -2.15. The molecule has 2 aliphatic carbocycles. The van der Waals surface area contributed by atoms with Crippen LogP contribution in [0, 0.1) is 0 Å². The van der Waals surface area contributed by atoms with E-state index in [2.05, 4.69) is 5.32 Å². The van der Waals surface area contributed by atoms with Crippen molar-refractivity contribution in [3.63, 3.8) is 0 Å². The molecule has 0 bridgehead atoms. The highest BCUT2D eigenvalue weighted by Gasteiger charge is 2.31. The van der Waals surface area contributed by atoms with Crippen molar-refractivity contribution in [3.05, 3.63) is 27.8 Å². The second-order valence-corrected chi connectivity index (χ2v) is 5.24. The zero-order valence-corrected chi connectivity index (χ0v) is 10.2. The molecule has 17 heavy (non-hydrogen) atoms. The Kier molecular flexibility index (Phi) is 2.51. The molecule has 3 rings (SSSR count). The van der Waals surface area contributed by atoms with Gasteiger partial charge in [-0.1, -0.05) is 11.6 Å². The molecule has 1 aromatic carbocycles. The van der Waals surface area contributed by atoms with Crippen LogP contribution in [0.2, 0.25) is 5.02 Å². The maximum absolute atomic E-state index is 10.9. The minimum atomic E-state index is -0.983. The Hall–Kier alpha value is -1.22. The summed E-state index contributed by atoms with van der Waals surface area (Å²) in [5, 5.41) is 12.3. The smallest absolute Gasteiger partial charge is 0.409 e. The van der Waals surface area contributed by atoms with Gasteiger partial charge >= 0.3 is 6.09 Å². The number of rotatable bonds is 2. The third-order valence-corrected chi connectivity index (χ3v) is 3.97. The molecule has 90 valence electrons. The van der Waals surface area contributed by atoms with E-state index in [1.165, 1.54) is 0 Å². The highest BCUT2D eigenvalue weighted by Crippen LogP contribution is 2.48. The number of benzene rings is 1. The zero-order valence-electron chi connectivity index (χ0n) is 9.42. The van der Waals surface area contributed by atoms with E-state index < -0.39 is 6.09 Å². The Bertz CT molecular complexity index is 495. The highest BCUT2D eigenvalue weighted by atomic mass is 35.5. The molecule has 0 radical (unpaired) electrons. The number of carbonyl (C=O) groups is 1. The number of hydrogen-bond donors (Lipinski definition) is 2. The summed E-state index contributed by atoms with van der Waals surface area (Å²) in [6.45, 7) is 0. The largest absolute Gasteiger partial charge is 0.465 e. The third kappa shape index (κ3) is 1.89. The van der Waals surface area contributed by atoms with Gasteiger partial charge in [-0.05, 0) is 60.8 Å². The summed E-state index contributed by atoms with van der Waals surface area (Å²) < 4.78 is 0. The van der Waals surface area contributed by atoms with Crippen molar-refractivity contribution in [1.29, 1.82) is 0 Å². The Labute approximate surface area is 105 Å². The van der Waals surface area contributed by atoms with Gasteiger partial charge in [0.2, 0.25) is 0 Å². The van der Waals surface area contributed by atoms with Crippen molar-refractivity contribution in [3.8, 4) is 0 Å². The van der Waals surface area contributed by atoms with Gasteiger partial charge in [-0.15, -0.1) is 0 Å². The molecule has 0 aliphatic heterocycles. The Morgan fingerprint density at radius 3 is 2.71 bits per heavy atom. The van der Waals surface area contributed by atoms with Crippen molar-refractivity contribution >= 4 is 23.4 Å². The van der Waals surface area contributed by atoms with Crippen LogP contribution in [-0.2, 0) is 12.8 Å². The first kappa shape index (κ1) is 10.9. The lowest BCUT2D eigenvalue weighted by molar-refractivity contribution is 0.209.